The van der Waals surface area contributed by atoms with Crippen LogP contribution in [0.25, 0.3) is 0 Å². The van der Waals surface area contributed by atoms with E-state index in [2.05, 4.69) is 0 Å². The molecular weight excluding hydrogens is 324 g/mol. The summed E-state index contributed by atoms with van der Waals surface area (Å²) >= 11 is 0. The molecule has 0 aromatic heterocycles. The van der Waals surface area contributed by atoms with E-state index in [0.717, 1.165) is 38.5 Å². The lowest BCUT2D eigenvalue weighted by Crippen LogP contribution is -2.28. The van der Waals surface area contributed by atoms with Gasteiger partial charge < -0.3 is 20.9 Å². The molecule has 2 atom stereocenters. The van der Waals surface area contributed by atoms with Gasteiger partial charge in [-0.1, -0.05) is 12.8 Å². The number of nitrogens with two attached hydrogens (primary N) is 4. The lowest BCUT2D eigenvalue weighted by molar-refractivity contribution is -0.151. The minimum atomic E-state index is -0.598. The first kappa shape index (κ1) is 23.8. The van der Waals surface area contributed by atoms with Gasteiger partial charge in [0.05, 0.1) is 0 Å². The van der Waals surface area contributed by atoms with Crippen molar-refractivity contribution in [3.8, 4) is 0 Å². The van der Waals surface area contributed by atoms with E-state index < -0.39 is 24.4 Å². The summed E-state index contributed by atoms with van der Waals surface area (Å²) in [5.41, 5.74) is 22.3. The number of carbonyl (C=O) groups is 2. The summed E-state index contributed by atoms with van der Waals surface area (Å²) in [5.74, 6) is -0.796. The first-order valence-electron chi connectivity index (χ1n) is 9.29. The SMILES string of the molecule is NCCCCCC(N)OC(=O)CCCC(=O)OC(N)CCCCCN. The molecule has 0 aromatic rings. The maximum atomic E-state index is 11.6. The Labute approximate surface area is 150 Å². The van der Waals surface area contributed by atoms with Gasteiger partial charge in [0, 0.05) is 12.8 Å². The highest BCUT2D eigenvalue weighted by Gasteiger charge is 2.13. The highest BCUT2D eigenvalue weighted by Crippen LogP contribution is 2.07. The molecular formula is C17H36N4O4. The molecule has 0 amide bonds. The lowest BCUT2D eigenvalue weighted by Gasteiger charge is -2.14. The number of rotatable bonds is 16. The van der Waals surface area contributed by atoms with Crippen LogP contribution in [-0.2, 0) is 19.1 Å². The zero-order valence-electron chi connectivity index (χ0n) is 15.3. The van der Waals surface area contributed by atoms with E-state index >= 15 is 0 Å². The molecule has 0 aliphatic rings. The van der Waals surface area contributed by atoms with Crippen molar-refractivity contribution in [1.29, 1.82) is 0 Å². The fourth-order valence-corrected chi connectivity index (χ4v) is 2.28. The monoisotopic (exact) mass is 360 g/mol. The van der Waals surface area contributed by atoms with Crippen molar-refractivity contribution < 1.29 is 19.1 Å². The van der Waals surface area contributed by atoms with Gasteiger partial charge in [-0.2, -0.15) is 0 Å². The Kier molecular flexibility index (Phi) is 15.5. The Balaban J connectivity index is 3.66. The first-order chi connectivity index (χ1) is 12.0. The minimum absolute atomic E-state index is 0.136. The zero-order chi connectivity index (χ0) is 18.9. The van der Waals surface area contributed by atoms with E-state index in [-0.39, 0.29) is 12.8 Å². The van der Waals surface area contributed by atoms with Crippen molar-refractivity contribution >= 4 is 11.9 Å². The van der Waals surface area contributed by atoms with Gasteiger partial charge in [-0.3, -0.25) is 21.1 Å². The van der Waals surface area contributed by atoms with Crippen molar-refractivity contribution in [2.24, 2.45) is 22.9 Å². The van der Waals surface area contributed by atoms with Gasteiger partial charge in [-0.05, 0) is 58.0 Å². The second kappa shape index (κ2) is 16.3. The summed E-state index contributed by atoms with van der Waals surface area (Å²) in [6, 6.07) is 0. The molecule has 0 aromatic carbocycles. The van der Waals surface area contributed by atoms with Gasteiger partial charge in [0.1, 0.15) is 0 Å². The molecule has 0 heterocycles. The molecule has 0 bridgehead atoms. The van der Waals surface area contributed by atoms with E-state index in [1.807, 2.05) is 0 Å². The molecule has 0 saturated heterocycles. The van der Waals surface area contributed by atoms with Crippen LogP contribution in [0.4, 0.5) is 0 Å². The lowest BCUT2D eigenvalue weighted by atomic mass is 10.2. The number of carbonyl (C=O) groups excluding carboxylic acids is 2. The standard InChI is InChI=1S/C17H36N4O4/c18-12-5-1-3-8-14(20)24-16(22)10-7-11-17(23)25-15(21)9-4-2-6-13-19/h14-15H,1-13,18-21H2. The van der Waals surface area contributed by atoms with Crippen molar-refractivity contribution in [3.05, 3.63) is 0 Å². The Morgan fingerprint density at radius 2 is 1.04 bits per heavy atom. The highest BCUT2D eigenvalue weighted by molar-refractivity contribution is 5.72. The molecule has 0 aliphatic heterocycles. The number of ether oxygens (including phenoxy) is 2. The predicted octanol–water partition coefficient (Wildman–Crippen LogP) is 0.851. The van der Waals surface area contributed by atoms with Crippen molar-refractivity contribution in [2.75, 3.05) is 13.1 Å². The molecule has 0 saturated carbocycles. The van der Waals surface area contributed by atoms with Gasteiger partial charge >= 0.3 is 11.9 Å². The molecule has 25 heavy (non-hydrogen) atoms. The summed E-state index contributed by atoms with van der Waals surface area (Å²) in [4.78, 5) is 23.3. The van der Waals surface area contributed by atoms with Crippen LogP contribution in [0.1, 0.15) is 70.6 Å². The maximum Gasteiger partial charge on any atom is 0.307 e. The minimum Gasteiger partial charge on any atom is -0.447 e. The van der Waals surface area contributed by atoms with E-state index in [0.29, 0.717) is 32.4 Å². The van der Waals surface area contributed by atoms with Crippen LogP contribution in [0.15, 0.2) is 0 Å². The fourth-order valence-electron chi connectivity index (χ4n) is 2.28. The average Bonchev–Trinajstić information content (AvgIpc) is 2.55. The smallest absolute Gasteiger partial charge is 0.307 e. The fraction of sp³-hybridized carbons (Fsp3) is 0.882. The van der Waals surface area contributed by atoms with Crippen molar-refractivity contribution in [1.82, 2.24) is 0 Å². The highest BCUT2D eigenvalue weighted by atomic mass is 16.6. The number of esters is 2. The summed E-state index contributed by atoms with van der Waals surface area (Å²) < 4.78 is 10.2. The zero-order valence-corrected chi connectivity index (χ0v) is 15.3. The molecule has 0 spiro atoms. The van der Waals surface area contributed by atoms with Gasteiger partial charge in [0.2, 0.25) is 0 Å². The molecule has 0 rings (SSSR count). The topological polar surface area (TPSA) is 157 Å². The van der Waals surface area contributed by atoms with E-state index in [1.165, 1.54) is 0 Å². The maximum absolute atomic E-state index is 11.6. The van der Waals surface area contributed by atoms with Crippen LogP contribution in [0.2, 0.25) is 0 Å². The average molecular weight is 360 g/mol. The van der Waals surface area contributed by atoms with Crippen LogP contribution in [0, 0.1) is 0 Å². The second-order valence-corrected chi connectivity index (χ2v) is 6.19. The van der Waals surface area contributed by atoms with Crippen LogP contribution in [0.3, 0.4) is 0 Å². The summed E-state index contributed by atoms with van der Waals surface area (Å²) in [5, 5.41) is 0. The summed E-state index contributed by atoms with van der Waals surface area (Å²) in [6.45, 7) is 1.31. The van der Waals surface area contributed by atoms with Crippen LogP contribution >= 0.6 is 0 Å². The van der Waals surface area contributed by atoms with E-state index in [4.69, 9.17) is 32.4 Å². The van der Waals surface area contributed by atoms with Crippen LogP contribution in [-0.4, -0.2) is 37.5 Å². The molecule has 8 nitrogen and oxygen atoms in total. The Morgan fingerprint density at radius 3 is 1.40 bits per heavy atom. The van der Waals surface area contributed by atoms with Gasteiger partial charge in [-0.15, -0.1) is 0 Å². The van der Waals surface area contributed by atoms with Gasteiger partial charge in [-0.25, -0.2) is 0 Å². The van der Waals surface area contributed by atoms with E-state index in [1.54, 1.807) is 0 Å². The Morgan fingerprint density at radius 1 is 0.640 bits per heavy atom. The molecule has 2 unspecified atom stereocenters. The van der Waals surface area contributed by atoms with Crippen LogP contribution in [0.5, 0.6) is 0 Å². The summed E-state index contributed by atoms with van der Waals surface area (Å²) in [6.07, 6.45) is 6.25. The molecule has 8 N–H and O–H groups in total. The third-order valence-corrected chi connectivity index (χ3v) is 3.71. The Hall–Kier alpha value is -1.22. The molecule has 8 heteroatoms. The quantitative estimate of drug-likeness (QED) is 0.179. The number of hydrogen-bond acceptors (Lipinski definition) is 8. The third-order valence-electron chi connectivity index (χ3n) is 3.71. The molecule has 0 radical (unpaired) electrons. The van der Waals surface area contributed by atoms with E-state index in [9.17, 15) is 9.59 Å². The van der Waals surface area contributed by atoms with Gasteiger partial charge in [0.25, 0.3) is 0 Å². The third kappa shape index (κ3) is 16.0. The number of unbranched alkanes of at least 4 members (excludes halogenated alkanes) is 4. The molecule has 0 aliphatic carbocycles. The van der Waals surface area contributed by atoms with Crippen molar-refractivity contribution in [3.63, 3.8) is 0 Å². The number of hydrogen-bond donors (Lipinski definition) is 4. The van der Waals surface area contributed by atoms with Crippen LogP contribution < -0.4 is 22.9 Å². The summed E-state index contributed by atoms with van der Waals surface area (Å²) in [7, 11) is 0. The van der Waals surface area contributed by atoms with Gasteiger partial charge in [0.15, 0.2) is 12.5 Å². The largest absolute Gasteiger partial charge is 0.447 e. The van der Waals surface area contributed by atoms with Crippen molar-refractivity contribution in [2.45, 2.75) is 83.1 Å². The Bertz CT molecular complexity index is 324. The predicted molar refractivity (Wildman–Crippen MR) is 97.0 cm³/mol. The molecule has 0 fully saturated rings. The normalized spacial score (nSPS) is 13.3. The first-order valence-corrected chi connectivity index (χ1v) is 9.29. The second-order valence-electron chi connectivity index (χ2n) is 6.19. The molecule has 148 valence electrons.